The molecule has 5 heteroatoms. The van der Waals surface area contributed by atoms with E-state index in [2.05, 4.69) is 10.1 Å². The molecule has 0 radical (unpaired) electrons. The largest absolute Gasteiger partial charge is 0.467 e. The van der Waals surface area contributed by atoms with Gasteiger partial charge in [-0.2, -0.15) is 0 Å². The normalized spacial score (nSPS) is 12.5. The molecule has 0 bridgehead atoms. The van der Waals surface area contributed by atoms with Crippen LogP contribution in [0.1, 0.15) is 25.0 Å². The van der Waals surface area contributed by atoms with E-state index in [4.69, 9.17) is 11.6 Å². The number of hydrogen-bond acceptors (Lipinski definition) is 3. The summed E-state index contributed by atoms with van der Waals surface area (Å²) < 4.78 is 4.67. The highest BCUT2D eigenvalue weighted by molar-refractivity contribution is 6.31. The molecule has 0 aliphatic rings. The first-order valence-electron chi connectivity index (χ1n) is 6.67. The van der Waals surface area contributed by atoms with E-state index in [1.54, 1.807) is 12.1 Å². The van der Waals surface area contributed by atoms with E-state index >= 15 is 0 Å². The summed E-state index contributed by atoms with van der Waals surface area (Å²) in [6.45, 7) is 5.59. The molecular weight excluding hydrogens is 290 g/mol. The first kappa shape index (κ1) is 17.2. The van der Waals surface area contributed by atoms with Crippen molar-refractivity contribution in [1.82, 2.24) is 5.32 Å². The zero-order valence-corrected chi connectivity index (χ0v) is 13.4. The predicted octanol–water partition coefficient (Wildman–Crippen LogP) is 2.98. The molecular formula is C16H20ClNO3. The van der Waals surface area contributed by atoms with Crippen molar-refractivity contribution in [2.24, 2.45) is 5.92 Å². The lowest BCUT2D eigenvalue weighted by molar-refractivity contribution is -0.145. The van der Waals surface area contributed by atoms with Crippen molar-refractivity contribution >= 4 is 29.6 Å². The fourth-order valence-electron chi connectivity index (χ4n) is 1.71. The molecule has 4 nitrogen and oxygen atoms in total. The van der Waals surface area contributed by atoms with Gasteiger partial charge in [-0.3, -0.25) is 4.79 Å². The number of hydrogen-bond donors (Lipinski definition) is 1. The van der Waals surface area contributed by atoms with E-state index in [0.717, 1.165) is 11.1 Å². The third-order valence-corrected chi connectivity index (χ3v) is 3.45. The number of carbonyl (C=O) groups is 2. The van der Waals surface area contributed by atoms with Crippen molar-refractivity contribution < 1.29 is 14.3 Å². The molecule has 0 aliphatic carbocycles. The van der Waals surface area contributed by atoms with Crippen LogP contribution in [0.2, 0.25) is 5.02 Å². The van der Waals surface area contributed by atoms with Crippen molar-refractivity contribution in [1.29, 1.82) is 0 Å². The molecule has 0 spiro atoms. The summed E-state index contributed by atoms with van der Waals surface area (Å²) >= 11 is 6.02. The number of methoxy groups -OCH3 is 1. The lowest BCUT2D eigenvalue weighted by Gasteiger charge is -2.18. The molecule has 114 valence electrons. The molecule has 0 saturated carbocycles. The minimum Gasteiger partial charge on any atom is -0.467 e. The van der Waals surface area contributed by atoms with E-state index in [1.807, 2.05) is 32.9 Å². The van der Waals surface area contributed by atoms with Crippen LogP contribution in [0.3, 0.4) is 0 Å². The standard InChI is InChI=1S/C16H20ClNO3/c1-10(2)15(16(20)21-4)18-14(19)8-7-12-6-5-11(3)13(17)9-12/h5-10,15H,1-4H3,(H,18,19)/b8-7+. The molecule has 0 aromatic heterocycles. The average molecular weight is 310 g/mol. The summed E-state index contributed by atoms with van der Waals surface area (Å²) in [5, 5.41) is 3.28. The molecule has 0 saturated heterocycles. The third-order valence-electron chi connectivity index (χ3n) is 3.04. The van der Waals surface area contributed by atoms with Crippen molar-refractivity contribution in [2.45, 2.75) is 26.8 Å². The van der Waals surface area contributed by atoms with Crippen molar-refractivity contribution in [3.8, 4) is 0 Å². The van der Waals surface area contributed by atoms with Crippen LogP contribution in [0.5, 0.6) is 0 Å². The summed E-state index contributed by atoms with van der Waals surface area (Å²) in [6.07, 6.45) is 3.02. The first-order chi connectivity index (χ1) is 9.85. The lowest BCUT2D eigenvalue weighted by Crippen LogP contribution is -2.44. The number of nitrogens with one attached hydrogen (secondary N) is 1. The Labute approximate surface area is 130 Å². The highest BCUT2D eigenvalue weighted by atomic mass is 35.5. The summed E-state index contributed by atoms with van der Waals surface area (Å²) in [4.78, 5) is 23.4. The molecule has 1 aromatic carbocycles. The second-order valence-electron chi connectivity index (χ2n) is 5.10. The molecule has 1 N–H and O–H groups in total. The summed E-state index contributed by atoms with van der Waals surface area (Å²) in [5.41, 5.74) is 1.80. The maximum atomic E-state index is 11.9. The molecule has 0 aliphatic heterocycles. The van der Waals surface area contributed by atoms with Gasteiger partial charge in [0.25, 0.3) is 0 Å². The van der Waals surface area contributed by atoms with Gasteiger partial charge in [-0.05, 0) is 36.1 Å². The van der Waals surface area contributed by atoms with Gasteiger partial charge in [0.15, 0.2) is 0 Å². The molecule has 0 heterocycles. The third kappa shape index (κ3) is 5.23. The van der Waals surface area contributed by atoms with Crippen LogP contribution in [0.4, 0.5) is 0 Å². The van der Waals surface area contributed by atoms with Gasteiger partial charge in [0, 0.05) is 11.1 Å². The number of rotatable bonds is 5. The number of carbonyl (C=O) groups excluding carboxylic acids is 2. The molecule has 1 amide bonds. The van der Waals surface area contributed by atoms with Crippen LogP contribution in [-0.4, -0.2) is 25.0 Å². The Bertz CT molecular complexity index is 552. The average Bonchev–Trinajstić information content (AvgIpc) is 2.44. The van der Waals surface area contributed by atoms with Crippen LogP contribution in [0.25, 0.3) is 6.08 Å². The first-order valence-corrected chi connectivity index (χ1v) is 7.05. The molecule has 0 fully saturated rings. The molecule has 1 rings (SSSR count). The van der Waals surface area contributed by atoms with Crippen LogP contribution < -0.4 is 5.32 Å². The number of esters is 1. The van der Waals surface area contributed by atoms with Gasteiger partial charge >= 0.3 is 5.97 Å². The molecule has 1 atom stereocenters. The molecule has 21 heavy (non-hydrogen) atoms. The number of aryl methyl sites for hydroxylation is 1. The summed E-state index contributed by atoms with van der Waals surface area (Å²) in [5.74, 6) is -0.857. The zero-order chi connectivity index (χ0) is 16.0. The Morgan fingerprint density at radius 3 is 2.52 bits per heavy atom. The lowest BCUT2D eigenvalue weighted by atomic mass is 10.0. The topological polar surface area (TPSA) is 55.4 Å². The Morgan fingerprint density at radius 2 is 2.00 bits per heavy atom. The van der Waals surface area contributed by atoms with E-state index in [0.29, 0.717) is 5.02 Å². The van der Waals surface area contributed by atoms with Crippen LogP contribution in [0, 0.1) is 12.8 Å². The zero-order valence-electron chi connectivity index (χ0n) is 12.6. The highest BCUT2D eigenvalue weighted by Crippen LogP contribution is 2.17. The molecule has 1 unspecified atom stereocenters. The summed E-state index contributed by atoms with van der Waals surface area (Å²) in [7, 11) is 1.30. The number of benzene rings is 1. The van der Waals surface area contributed by atoms with Crippen LogP contribution in [-0.2, 0) is 14.3 Å². The van der Waals surface area contributed by atoms with Gasteiger partial charge in [-0.15, -0.1) is 0 Å². The van der Waals surface area contributed by atoms with Gasteiger partial charge in [0.05, 0.1) is 7.11 Å². The van der Waals surface area contributed by atoms with E-state index in [1.165, 1.54) is 13.2 Å². The highest BCUT2D eigenvalue weighted by Gasteiger charge is 2.23. The second kappa shape index (κ2) is 7.84. The maximum Gasteiger partial charge on any atom is 0.328 e. The monoisotopic (exact) mass is 309 g/mol. The van der Waals surface area contributed by atoms with Crippen LogP contribution in [0.15, 0.2) is 24.3 Å². The Balaban J connectivity index is 2.73. The van der Waals surface area contributed by atoms with E-state index < -0.39 is 12.0 Å². The predicted molar refractivity (Wildman–Crippen MR) is 84.0 cm³/mol. The van der Waals surface area contributed by atoms with Gasteiger partial charge < -0.3 is 10.1 Å². The SMILES string of the molecule is COC(=O)C(NC(=O)/C=C/c1ccc(C)c(Cl)c1)C(C)C. The number of halogens is 1. The Kier molecular flexibility index (Phi) is 6.43. The van der Waals surface area contributed by atoms with Gasteiger partial charge in [-0.25, -0.2) is 4.79 Å². The van der Waals surface area contributed by atoms with Crippen LogP contribution >= 0.6 is 11.6 Å². The maximum absolute atomic E-state index is 11.9. The fraction of sp³-hybridized carbons (Fsp3) is 0.375. The fourth-order valence-corrected chi connectivity index (χ4v) is 1.90. The van der Waals surface area contributed by atoms with Gasteiger partial charge in [-0.1, -0.05) is 37.6 Å². The summed E-state index contributed by atoms with van der Waals surface area (Å²) in [6, 6.07) is 4.87. The number of ether oxygens (including phenoxy) is 1. The van der Waals surface area contributed by atoms with Crippen molar-refractivity contribution in [2.75, 3.05) is 7.11 Å². The van der Waals surface area contributed by atoms with E-state index in [-0.39, 0.29) is 11.8 Å². The van der Waals surface area contributed by atoms with E-state index in [9.17, 15) is 9.59 Å². The molecule has 1 aromatic rings. The quantitative estimate of drug-likeness (QED) is 0.672. The Morgan fingerprint density at radius 1 is 1.33 bits per heavy atom. The van der Waals surface area contributed by atoms with Gasteiger partial charge in [0.1, 0.15) is 6.04 Å². The second-order valence-corrected chi connectivity index (χ2v) is 5.50. The van der Waals surface area contributed by atoms with Gasteiger partial charge in [0.2, 0.25) is 5.91 Å². The van der Waals surface area contributed by atoms with Crippen molar-refractivity contribution in [3.63, 3.8) is 0 Å². The number of amides is 1. The minimum atomic E-state index is -0.659. The van der Waals surface area contributed by atoms with Crippen molar-refractivity contribution in [3.05, 3.63) is 40.4 Å². The smallest absolute Gasteiger partial charge is 0.328 e. The minimum absolute atomic E-state index is 0.0522. The Hall–Kier alpha value is -1.81.